The topological polar surface area (TPSA) is 64.4 Å². The number of hydrogen-bond donors (Lipinski definition) is 1. The molecule has 19 heavy (non-hydrogen) atoms. The van der Waals surface area contributed by atoms with Crippen molar-refractivity contribution in [1.82, 2.24) is 0 Å². The number of rotatable bonds is 3. The van der Waals surface area contributed by atoms with Gasteiger partial charge in [0.2, 0.25) is 5.82 Å². The maximum absolute atomic E-state index is 13.6. The summed E-state index contributed by atoms with van der Waals surface area (Å²) in [6.45, 7) is 2.45. The highest BCUT2D eigenvalue weighted by molar-refractivity contribution is 5.53. The number of hydrogen-bond acceptors (Lipinski definition) is 4. The molecule has 0 radical (unpaired) electrons. The molecule has 1 aliphatic rings. The van der Waals surface area contributed by atoms with E-state index < -0.39 is 22.2 Å². The Labute approximate surface area is 108 Å². The molecule has 1 aromatic carbocycles. The summed E-state index contributed by atoms with van der Waals surface area (Å²) in [4.78, 5) is 9.76. The summed E-state index contributed by atoms with van der Waals surface area (Å²) in [6, 6.07) is 1.39. The zero-order chi connectivity index (χ0) is 14.0. The van der Waals surface area contributed by atoms with Crippen molar-refractivity contribution in [1.29, 1.82) is 0 Å². The number of anilines is 1. The molecule has 1 heterocycles. The second-order valence-corrected chi connectivity index (χ2v) is 4.59. The molecule has 7 heteroatoms. The lowest BCUT2D eigenvalue weighted by Gasteiger charge is -2.28. The number of halogens is 2. The fourth-order valence-electron chi connectivity index (χ4n) is 2.14. The van der Waals surface area contributed by atoms with Crippen LogP contribution in [-0.4, -0.2) is 23.7 Å². The predicted octanol–water partition coefficient (Wildman–Crippen LogP) is 2.85. The van der Waals surface area contributed by atoms with E-state index in [4.69, 9.17) is 4.74 Å². The molecule has 1 fully saturated rings. The van der Waals surface area contributed by atoms with E-state index >= 15 is 0 Å². The standard InChI is InChI=1S/C12H14F2N2O3/c1-7-4-8(2-3-19-7)15-11-6-12(16(17)18)10(14)5-9(11)13/h5-8,15H,2-4H2,1H3. The van der Waals surface area contributed by atoms with E-state index in [9.17, 15) is 18.9 Å². The van der Waals surface area contributed by atoms with E-state index in [0.717, 1.165) is 6.07 Å². The van der Waals surface area contributed by atoms with Crippen LogP contribution in [0.1, 0.15) is 19.8 Å². The van der Waals surface area contributed by atoms with E-state index in [2.05, 4.69) is 5.32 Å². The Balaban J connectivity index is 2.19. The van der Waals surface area contributed by atoms with Crippen molar-refractivity contribution < 1.29 is 18.4 Å². The minimum Gasteiger partial charge on any atom is -0.380 e. The zero-order valence-electron chi connectivity index (χ0n) is 10.4. The largest absolute Gasteiger partial charge is 0.380 e. The third kappa shape index (κ3) is 3.17. The Morgan fingerprint density at radius 3 is 2.79 bits per heavy atom. The Morgan fingerprint density at radius 1 is 1.42 bits per heavy atom. The SMILES string of the molecule is CC1CC(Nc2cc([N+](=O)[O-])c(F)cc2F)CCO1. The van der Waals surface area contributed by atoms with Crippen molar-refractivity contribution in [3.8, 4) is 0 Å². The summed E-state index contributed by atoms with van der Waals surface area (Å²) in [7, 11) is 0. The molecular formula is C12H14F2N2O3. The van der Waals surface area contributed by atoms with Crippen molar-refractivity contribution in [2.45, 2.75) is 31.9 Å². The van der Waals surface area contributed by atoms with Gasteiger partial charge in [-0.25, -0.2) is 4.39 Å². The van der Waals surface area contributed by atoms with Crippen LogP contribution in [0.15, 0.2) is 12.1 Å². The van der Waals surface area contributed by atoms with Crippen molar-refractivity contribution in [3.63, 3.8) is 0 Å². The molecule has 2 unspecified atom stereocenters. The first-order valence-electron chi connectivity index (χ1n) is 5.99. The van der Waals surface area contributed by atoms with Crippen LogP contribution in [0.5, 0.6) is 0 Å². The highest BCUT2D eigenvalue weighted by Gasteiger charge is 2.23. The van der Waals surface area contributed by atoms with Crippen molar-refractivity contribution in [2.24, 2.45) is 0 Å². The van der Waals surface area contributed by atoms with Crippen LogP contribution in [0.4, 0.5) is 20.2 Å². The van der Waals surface area contributed by atoms with Gasteiger partial charge in [0.1, 0.15) is 5.82 Å². The van der Waals surface area contributed by atoms with E-state index in [1.165, 1.54) is 0 Å². The van der Waals surface area contributed by atoms with Gasteiger partial charge in [-0.2, -0.15) is 4.39 Å². The lowest BCUT2D eigenvalue weighted by Crippen LogP contribution is -2.32. The summed E-state index contributed by atoms with van der Waals surface area (Å²) < 4.78 is 32.1. The first kappa shape index (κ1) is 13.7. The van der Waals surface area contributed by atoms with Crippen LogP contribution >= 0.6 is 0 Å². The van der Waals surface area contributed by atoms with Gasteiger partial charge in [-0.3, -0.25) is 10.1 Å². The monoisotopic (exact) mass is 272 g/mol. The molecule has 2 atom stereocenters. The molecule has 1 aliphatic heterocycles. The van der Waals surface area contributed by atoms with Crippen LogP contribution in [0.2, 0.25) is 0 Å². The molecule has 1 saturated heterocycles. The van der Waals surface area contributed by atoms with Gasteiger partial charge in [0.05, 0.1) is 16.7 Å². The Hall–Kier alpha value is -1.76. The normalized spacial score (nSPS) is 23.1. The second kappa shape index (κ2) is 5.48. The smallest absolute Gasteiger partial charge is 0.307 e. The predicted molar refractivity (Wildman–Crippen MR) is 65.1 cm³/mol. The molecule has 0 aromatic heterocycles. The van der Waals surface area contributed by atoms with E-state index in [-0.39, 0.29) is 17.8 Å². The first-order chi connectivity index (χ1) is 8.97. The number of nitro benzene ring substituents is 1. The quantitative estimate of drug-likeness (QED) is 0.678. The fourth-order valence-corrected chi connectivity index (χ4v) is 2.14. The highest BCUT2D eigenvalue weighted by atomic mass is 19.1. The molecule has 0 amide bonds. The molecule has 1 aromatic rings. The Kier molecular flexibility index (Phi) is 3.94. The molecule has 0 bridgehead atoms. The lowest BCUT2D eigenvalue weighted by molar-refractivity contribution is -0.387. The molecule has 0 aliphatic carbocycles. The third-order valence-corrected chi connectivity index (χ3v) is 3.08. The summed E-state index contributed by atoms with van der Waals surface area (Å²) >= 11 is 0. The maximum Gasteiger partial charge on any atom is 0.307 e. The molecule has 104 valence electrons. The van der Waals surface area contributed by atoms with E-state index in [0.29, 0.717) is 25.5 Å². The van der Waals surface area contributed by atoms with Crippen molar-refractivity contribution in [2.75, 3.05) is 11.9 Å². The van der Waals surface area contributed by atoms with Gasteiger partial charge in [0.15, 0.2) is 0 Å². The highest BCUT2D eigenvalue weighted by Crippen LogP contribution is 2.27. The van der Waals surface area contributed by atoms with Gasteiger partial charge in [0.25, 0.3) is 0 Å². The van der Waals surface area contributed by atoms with Gasteiger partial charge in [-0.15, -0.1) is 0 Å². The fraction of sp³-hybridized carbons (Fsp3) is 0.500. The van der Waals surface area contributed by atoms with E-state index in [1.54, 1.807) is 0 Å². The minimum atomic E-state index is -1.17. The van der Waals surface area contributed by atoms with Crippen LogP contribution in [0.3, 0.4) is 0 Å². The number of ether oxygens (including phenoxy) is 1. The molecule has 5 nitrogen and oxygen atoms in total. The minimum absolute atomic E-state index is 0.0386. The Morgan fingerprint density at radius 2 is 2.16 bits per heavy atom. The van der Waals surface area contributed by atoms with Gasteiger partial charge >= 0.3 is 5.69 Å². The molecule has 1 N–H and O–H groups in total. The molecule has 0 saturated carbocycles. The lowest BCUT2D eigenvalue weighted by atomic mass is 10.0. The molecule has 2 rings (SSSR count). The van der Waals surface area contributed by atoms with E-state index in [1.807, 2.05) is 6.92 Å². The number of benzene rings is 1. The van der Waals surface area contributed by atoms with Crippen LogP contribution in [0, 0.1) is 21.7 Å². The summed E-state index contributed by atoms with van der Waals surface area (Å²) in [5, 5.41) is 13.5. The van der Waals surface area contributed by atoms with Crippen molar-refractivity contribution in [3.05, 3.63) is 33.9 Å². The summed E-state index contributed by atoms with van der Waals surface area (Å²) in [5.41, 5.74) is -0.781. The zero-order valence-corrected chi connectivity index (χ0v) is 10.4. The van der Waals surface area contributed by atoms with Crippen LogP contribution < -0.4 is 5.32 Å². The average molecular weight is 272 g/mol. The van der Waals surface area contributed by atoms with Crippen molar-refractivity contribution >= 4 is 11.4 Å². The molecule has 0 spiro atoms. The average Bonchev–Trinajstić information content (AvgIpc) is 2.32. The molecular weight excluding hydrogens is 258 g/mol. The van der Waals surface area contributed by atoms with Gasteiger partial charge in [-0.05, 0) is 19.8 Å². The number of nitro groups is 1. The second-order valence-electron chi connectivity index (χ2n) is 4.59. The van der Waals surface area contributed by atoms with Crippen LogP contribution in [-0.2, 0) is 4.74 Å². The van der Waals surface area contributed by atoms with Gasteiger partial charge in [0, 0.05) is 24.8 Å². The summed E-state index contributed by atoms with van der Waals surface area (Å²) in [5.74, 6) is -2.00. The van der Waals surface area contributed by atoms with Gasteiger partial charge in [-0.1, -0.05) is 0 Å². The number of nitrogens with zero attached hydrogens (tertiary/aromatic N) is 1. The van der Waals surface area contributed by atoms with Crippen LogP contribution in [0.25, 0.3) is 0 Å². The Bertz CT molecular complexity index is 496. The van der Waals surface area contributed by atoms with Gasteiger partial charge < -0.3 is 10.1 Å². The summed E-state index contributed by atoms with van der Waals surface area (Å²) in [6.07, 6.45) is 1.39. The third-order valence-electron chi connectivity index (χ3n) is 3.08. The maximum atomic E-state index is 13.6. The first-order valence-corrected chi connectivity index (χ1v) is 5.99. The number of nitrogens with one attached hydrogen (secondary N) is 1.